The highest BCUT2D eigenvalue weighted by Gasteiger charge is 2.17. The van der Waals surface area contributed by atoms with Gasteiger partial charge in [0.1, 0.15) is 5.75 Å². The largest absolute Gasteiger partial charge is 0.497 e. The lowest BCUT2D eigenvalue weighted by Crippen LogP contribution is -2.06. The summed E-state index contributed by atoms with van der Waals surface area (Å²) in [6.07, 6.45) is 2.52. The lowest BCUT2D eigenvalue weighted by Gasteiger charge is -2.20. The van der Waals surface area contributed by atoms with E-state index in [1.165, 1.54) is 0 Å². The lowest BCUT2D eigenvalue weighted by molar-refractivity contribution is 0.0742. The fraction of sp³-hybridized carbons (Fsp3) is 0.263. The fourth-order valence-electron chi connectivity index (χ4n) is 2.42. The molecule has 0 N–H and O–H groups in total. The van der Waals surface area contributed by atoms with E-state index in [0.717, 1.165) is 38.6 Å². The molecule has 22 heavy (non-hydrogen) atoms. The van der Waals surface area contributed by atoms with Crippen molar-refractivity contribution >= 4 is 26.7 Å². The van der Waals surface area contributed by atoms with Gasteiger partial charge in [0.25, 0.3) is 0 Å². The standard InChI is InChI=1S/C19H21BrO2/c1-5-10-22-18(11-13(2)3)17-8-6-14-12-15(21-4)7-9-16(14)19(17)20/h5-9,12,18H,1-2,10-11H2,3-4H3. The third kappa shape index (κ3) is 3.79. The zero-order valence-electron chi connectivity index (χ0n) is 13.1. The van der Waals surface area contributed by atoms with Crippen LogP contribution in [0.1, 0.15) is 25.0 Å². The monoisotopic (exact) mass is 360 g/mol. The van der Waals surface area contributed by atoms with Gasteiger partial charge in [-0.1, -0.05) is 23.8 Å². The molecule has 0 saturated carbocycles. The summed E-state index contributed by atoms with van der Waals surface area (Å²) < 4.78 is 12.3. The summed E-state index contributed by atoms with van der Waals surface area (Å²) >= 11 is 3.73. The second-order valence-electron chi connectivity index (χ2n) is 5.33. The maximum absolute atomic E-state index is 5.93. The Morgan fingerprint density at radius 3 is 2.73 bits per heavy atom. The number of hydrogen-bond acceptors (Lipinski definition) is 2. The minimum Gasteiger partial charge on any atom is -0.497 e. The van der Waals surface area contributed by atoms with Crippen LogP contribution in [0.4, 0.5) is 0 Å². The molecule has 1 unspecified atom stereocenters. The summed E-state index contributed by atoms with van der Waals surface area (Å²) in [7, 11) is 1.68. The Labute approximate surface area is 140 Å². The zero-order chi connectivity index (χ0) is 16.1. The van der Waals surface area contributed by atoms with E-state index in [-0.39, 0.29) is 6.10 Å². The topological polar surface area (TPSA) is 18.5 Å². The predicted octanol–water partition coefficient (Wildman–Crippen LogP) is 5.82. The van der Waals surface area contributed by atoms with Gasteiger partial charge in [-0.3, -0.25) is 0 Å². The van der Waals surface area contributed by atoms with E-state index >= 15 is 0 Å². The van der Waals surface area contributed by atoms with Crippen LogP contribution >= 0.6 is 15.9 Å². The molecule has 0 aromatic heterocycles. The molecule has 2 rings (SSSR count). The van der Waals surface area contributed by atoms with Crippen molar-refractivity contribution in [2.75, 3.05) is 13.7 Å². The maximum atomic E-state index is 5.93. The minimum atomic E-state index is -0.0311. The Morgan fingerprint density at radius 2 is 2.09 bits per heavy atom. The van der Waals surface area contributed by atoms with Gasteiger partial charge in [-0.15, -0.1) is 13.2 Å². The third-order valence-electron chi connectivity index (χ3n) is 3.49. The normalized spacial score (nSPS) is 12.1. The molecule has 0 bridgehead atoms. The summed E-state index contributed by atoms with van der Waals surface area (Å²) in [4.78, 5) is 0. The highest BCUT2D eigenvalue weighted by molar-refractivity contribution is 9.10. The number of hydrogen-bond donors (Lipinski definition) is 0. The zero-order valence-corrected chi connectivity index (χ0v) is 14.7. The average Bonchev–Trinajstić information content (AvgIpc) is 2.51. The van der Waals surface area contributed by atoms with Crippen LogP contribution in [-0.2, 0) is 4.74 Å². The molecular formula is C19H21BrO2. The SMILES string of the molecule is C=CCOC(CC(=C)C)c1ccc2cc(OC)ccc2c1Br. The quantitative estimate of drug-likeness (QED) is 0.579. The van der Waals surface area contributed by atoms with E-state index in [9.17, 15) is 0 Å². The molecule has 116 valence electrons. The second kappa shape index (κ2) is 7.61. The molecule has 0 spiro atoms. The molecule has 0 saturated heterocycles. The van der Waals surface area contributed by atoms with Gasteiger partial charge in [0.05, 0.1) is 19.8 Å². The van der Waals surface area contributed by atoms with Crippen molar-refractivity contribution in [2.45, 2.75) is 19.4 Å². The molecule has 3 heteroatoms. The molecule has 0 fully saturated rings. The maximum Gasteiger partial charge on any atom is 0.119 e. The van der Waals surface area contributed by atoms with Gasteiger partial charge < -0.3 is 9.47 Å². The van der Waals surface area contributed by atoms with Crippen molar-refractivity contribution in [3.8, 4) is 5.75 Å². The number of rotatable bonds is 7. The fourth-order valence-corrected chi connectivity index (χ4v) is 3.17. The van der Waals surface area contributed by atoms with Crippen molar-refractivity contribution in [1.29, 1.82) is 0 Å². The van der Waals surface area contributed by atoms with E-state index < -0.39 is 0 Å². The first-order valence-electron chi connectivity index (χ1n) is 7.19. The lowest BCUT2D eigenvalue weighted by atomic mass is 9.99. The summed E-state index contributed by atoms with van der Waals surface area (Å²) in [5.41, 5.74) is 2.22. The van der Waals surface area contributed by atoms with Crippen LogP contribution in [0, 0.1) is 0 Å². The summed E-state index contributed by atoms with van der Waals surface area (Å²) in [6, 6.07) is 10.3. The first-order chi connectivity index (χ1) is 10.6. The van der Waals surface area contributed by atoms with Gasteiger partial charge in [0.15, 0.2) is 0 Å². The number of ether oxygens (including phenoxy) is 2. The first-order valence-corrected chi connectivity index (χ1v) is 7.99. The number of benzene rings is 2. The summed E-state index contributed by atoms with van der Waals surface area (Å²) in [5.74, 6) is 0.855. The molecule has 0 radical (unpaired) electrons. The highest BCUT2D eigenvalue weighted by Crippen LogP contribution is 2.36. The molecule has 0 aliphatic rings. The van der Waals surface area contributed by atoms with Crippen molar-refractivity contribution < 1.29 is 9.47 Å². The average molecular weight is 361 g/mol. The van der Waals surface area contributed by atoms with Crippen LogP contribution in [0.15, 0.2) is 59.6 Å². The first kappa shape index (κ1) is 16.8. The molecule has 2 aromatic carbocycles. The van der Waals surface area contributed by atoms with Crippen LogP contribution in [0.2, 0.25) is 0 Å². The van der Waals surface area contributed by atoms with Crippen LogP contribution in [0.5, 0.6) is 5.75 Å². The van der Waals surface area contributed by atoms with Gasteiger partial charge in [-0.05, 0) is 63.8 Å². The van der Waals surface area contributed by atoms with Gasteiger partial charge in [0.2, 0.25) is 0 Å². The predicted molar refractivity (Wildman–Crippen MR) is 96.5 cm³/mol. The molecule has 2 aromatic rings. The smallest absolute Gasteiger partial charge is 0.119 e. The minimum absolute atomic E-state index is 0.0311. The van der Waals surface area contributed by atoms with Crippen molar-refractivity contribution in [3.63, 3.8) is 0 Å². The Kier molecular flexibility index (Phi) is 5.81. The van der Waals surface area contributed by atoms with Crippen LogP contribution in [0.25, 0.3) is 10.8 Å². The van der Waals surface area contributed by atoms with E-state index in [1.807, 2.05) is 19.1 Å². The van der Waals surface area contributed by atoms with Crippen LogP contribution in [0.3, 0.4) is 0 Å². The van der Waals surface area contributed by atoms with E-state index in [4.69, 9.17) is 9.47 Å². The van der Waals surface area contributed by atoms with Gasteiger partial charge in [-0.2, -0.15) is 0 Å². The molecule has 2 nitrogen and oxygen atoms in total. The van der Waals surface area contributed by atoms with E-state index in [1.54, 1.807) is 13.2 Å². The number of fused-ring (bicyclic) bond motifs is 1. The van der Waals surface area contributed by atoms with Gasteiger partial charge in [0, 0.05) is 4.47 Å². The molecule has 0 aliphatic carbocycles. The molecular weight excluding hydrogens is 340 g/mol. The molecule has 0 aliphatic heterocycles. The molecule has 0 heterocycles. The Balaban J connectivity index is 2.45. The Morgan fingerprint density at radius 1 is 1.32 bits per heavy atom. The van der Waals surface area contributed by atoms with Crippen LogP contribution in [-0.4, -0.2) is 13.7 Å². The number of methoxy groups -OCH3 is 1. The second-order valence-corrected chi connectivity index (χ2v) is 6.12. The van der Waals surface area contributed by atoms with Crippen molar-refractivity contribution in [1.82, 2.24) is 0 Å². The van der Waals surface area contributed by atoms with Gasteiger partial charge >= 0.3 is 0 Å². The van der Waals surface area contributed by atoms with Gasteiger partial charge in [-0.25, -0.2) is 0 Å². The molecule has 1 atom stereocenters. The van der Waals surface area contributed by atoms with E-state index in [2.05, 4.69) is 47.3 Å². The van der Waals surface area contributed by atoms with Crippen molar-refractivity contribution in [2.24, 2.45) is 0 Å². The van der Waals surface area contributed by atoms with Crippen molar-refractivity contribution in [3.05, 3.63) is 65.2 Å². The summed E-state index contributed by atoms with van der Waals surface area (Å²) in [6.45, 7) is 10.3. The third-order valence-corrected chi connectivity index (χ3v) is 4.37. The Bertz CT molecular complexity index is 691. The Hall–Kier alpha value is -1.58. The van der Waals surface area contributed by atoms with E-state index in [0.29, 0.717) is 6.61 Å². The highest BCUT2D eigenvalue weighted by atomic mass is 79.9. The molecule has 0 amide bonds. The van der Waals surface area contributed by atoms with Crippen LogP contribution < -0.4 is 4.74 Å². The number of halogens is 1. The summed E-state index contributed by atoms with van der Waals surface area (Å²) in [5, 5.41) is 2.28.